The molecule has 1 aliphatic carbocycles. The lowest BCUT2D eigenvalue weighted by molar-refractivity contribution is 0.345. The number of anilines is 1. The van der Waals surface area contributed by atoms with E-state index < -0.39 is 0 Å². The Morgan fingerprint density at radius 3 is 2.65 bits per heavy atom. The Morgan fingerprint density at radius 1 is 1.17 bits per heavy atom. The average Bonchev–Trinajstić information content (AvgIpc) is 2.44. The minimum Gasteiger partial charge on any atom is -0.370 e. The standard InChI is InChI=1S/C16H19ClN4.2ClH/c17-13-3-1-2-11(6-13)4-5-19-16-9-15(20-10-21-16)12-7-14(18)8-12;;/h1-3,6,9-10,12,14H,4-5,7-8,18H2,(H,19,20,21);2*1H. The molecule has 0 saturated heterocycles. The Hall–Kier alpha value is -1.07. The smallest absolute Gasteiger partial charge is 0.129 e. The molecule has 7 heteroatoms. The second kappa shape index (κ2) is 9.28. The van der Waals surface area contributed by atoms with Gasteiger partial charge in [0.1, 0.15) is 12.1 Å². The van der Waals surface area contributed by atoms with E-state index in [1.165, 1.54) is 5.56 Å². The third-order valence-electron chi connectivity index (χ3n) is 3.89. The summed E-state index contributed by atoms with van der Waals surface area (Å²) >= 11 is 5.98. The van der Waals surface area contributed by atoms with Gasteiger partial charge in [0.25, 0.3) is 0 Å². The van der Waals surface area contributed by atoms with E-state index in [4.69, 9.17) is 17.3 Å². The summed E-state index contributed by atoms with van der Waals surface area (Å²) in [7, 11) is 0. The first kappa shape index (κ1) is 20.0. The maximum Gasteiger partial charge on any atom is 0.129 e. The van der Waals surface area contributed by atoms with Crippen LogP contribution in [-0.4, -0.2) is 22.6 Å². The SMILES string of the molecule is Cl.Cl.NC1CC(c2cc(NCCc3cccc(Cl)c3)ncn2)C1. The molecule has 1 aromatic carbocycles. The van der Waals surface area contributed by atoms with E-state index >= 15 is 0 Å². The third-order valence-corrected chi connectivity index (χ3v) is 4.12. The van der Waals surface area contributed by atoms with E-state index in [1.807, 2.05) is 24.3 Å². The fraction of sp³-hybridized carbons (Fsp3) is 0.375. The lowest BCUT2D eigenvalue weighted by Gasteiger charge is -2.31. The van der Waals surface area contributed by atoms with Gasteiger partial charge in [0, 0.05) is 35.3 Å². The summed E-state index contributed by atoms with van der Waals surface area (Å²) in [5.41, 5.74) is 8.14. The summed E-state index contributed by atoms with van der Waals surface area (Å²) in [6.07, 6.45) is 4.59. The number of nitrogens with two attached hydrogens (primary N) is 1. The number of hydrogen-bond acceptors (Lipinski definition) is 4. The van der Waals surface area contributed by atoms with Gasteiger partial charge in [-0.3, -0.25) is 0 Å². The van der Waals surface area contributed by atoms with Crippen LogP contribution in [0.25, 0.3) is 0 Å². The van der Waals surface area contributed by atoms with Crippen LogP contribution in [-0.2, 0) is 6.42 Å². The molecule has 1 aromatic heterocycles. The van der Waals surface area contributed by atoms with Gasteiger partial charge >= 0.3 is 0 Å². The Labute approximate surface area is 154 Å². The molecule has 1 aliphatic rings. The molecule has 0 bridgehead atoms. The highest BCUT2D eigenvalue weighted by Crippen LogP contribution is 2.34. The van der Waals surface area contributed by atoms with Crippen LogP contribution in [0.15, 0.2) is 36.7 Å². The van der Waals surface area contributed by atoms with Crippen LogP contribution >= 0.6 is 36.4 Å². The van der Waals surface area contributed by atoms with Crippen molar-refractivity contribution in [3.8, 4) is 0 Å². The van der Waals surface area contributed by atoms with E-state index in [2.05, 4.69) is 21.4 Å². The number of halogens is 3. The quantitative estimate of drug-likeness (QED) is 0.833. The van der Waals surface area contributed by atoms with Crippen molar-refractivity contribution in [1.29, 1.82) is 0 Å². The molecule has 1 fully saturated rings. The fourth-order valence-corrected chi connectivity index (χ4v) is 2.84. The Kier molecular flexibility index (Phi) is 8.06. The van der Waals surface area contributed by atoms with Crippen molar-refractivity contribution in [2.45, 2.75) is 31.2 Å². The first-order valence-electron chi connectivity index (χ1n) is 7.26. The van der Waals surface area contributed by atoms with Crippen molar-refractivity contribution < 1.29 is 0 Å². The van der Waals surface area contributed by atoms with Crippen LogP contribution in [0.1, 0.15) is 30.0 Å². The van der Waals surface area contributed by atoms with Gasteiger partial charge in [-0.15, -0.1) is 24.8 Å². The fourth-order valence-electron chi connectivity index (χ4n) is 2.62. The van der Waals surface area contributed by atoms with Crippen molar-refractivity contribution >= 4 is 42.2 Å². The van der Waals surface area contributed by atoms with Gasteiger partial charge in [0.15, 0.2) is 0 Å². The van der Waals surface area contributed by atoms with Crippen LogP contribution in [0.3, 0.4) is 0 Å². The van der Waals surface area contributed by atoms with E-state index in [9.17, 15) is 0 Å². The van der Waals surface area contributed by atoms with Gasteiger partial charge in [0.2, 0.25) is 0 Å². The average molecular weight is 376 g/mol. The van der Waals surface area contributed by atoms with Gasteiger partial charge in [-0.05, 0) is 37.0 Å². The molecule has 1 saturated carbocycles. The van der Waals surface area contributed by atoms with E-state index in [0.717, 1.165) is 42.3 Å². The normalized spacial score (nSPS) is 19.0. The summed E-state index contributed by atoms with van der Waals surface area (Å²) in [5, 5.41) is 4.12. The number of nitrogens with zero attached hydrogens (tertiary/aromatic N) is 2. The lowest BCUT2D eigenvalue weighted by Crippen LogP contribution is -2.35. The van der Waals surface area contributed by atoms with Gasteiger partial charge in [0.05, 0.1) is 0 Å². The van der Waals surface area contributed by atoms with E-state index in [-0.39, 0.29) is 24.8 Å². The highest BCUT2D eigenvalue weighted by molar-refractivity contribution is 6.30. The van der Waals surface area contributed by atoms with Crippen LogP contribution < -0.4 is 11.1 Å². The topological polar surface area (TPSA) is 63.8 Å². The molecule has 4 nitrogen and oxygen atoms in total. The molecular formula is C16H21Cl3N4. The molecule has 0 unspecified atom stereocenters. The van der Waals surface area contributed by atoms with Crippen LogP contribution in [0, 0.1) is 0 Å². The molecular weight excluding hydrogens is 355 g/mol. The van der Waals surface area contributed by atoms with Gasteiger partial charge in [-0.2, -0.15) is 0 Å². The molecule has 2 aromatic rings. The minimum atomic E-state index is 0. The van der Waals surface area contributed by atoms with Gasteiger partial charge in [-0.1, -0.05) is 23.7 Å². The lowest BCUT2D eigenvalue weighted by atomic mass is 9.79. The molecule has 0 radical (unpaired) electrons. The predicted octanol–water partition coefficient (Wildman–Crippen LogP) is 3.83. The van der Waals surface area contributed by atoms with E-state index in [0.29, 0.717) is 12.0 Å². The maximum atomic E-state index is 5.98. The zero-order chi connectivity index (χ0) is 14.7. The Balaban J connectivity index is 0.00000132. The maximum absolute atomic E-state index is 5.98. The number of rotatable bonds is 5. The zero-order valence-corrected chi connectivity index (χ0v) is 15.0. The van der Waals surface area contributed by atoms with Crippen molar-refractivity contribution in [2.24, 2.45) is 5.73 Å². The van der Waals surface area contributed by atoms with Crippen molar-refractivity contribution in [3.05, 3.63) is 52.9 Å². The van der Waals surface area contributed by atoms with Gasteiger partial charge in [-0.25, -0.2) is 9.97 Å². The third kappa shape index (κ3) is 5.50. The number of aromatic nitrogens is 2. The van der Waals surface area contributed by atoms with Crippen LogP contribution in [0.4, 0.5) is 5.82 Å². The Bertz CT molecular complexity index is 618. The minimum absolute atomic E-state index is 0. The van der Waals surface area contributed by atoms with E-state index in [1.54, 1.807) is 6.33 Å². The second-order valence-electron chi connectivity index (χ2n) is 5.56. The molecule has 1 heterocycles. The van der Waals surface area contributed by atoms with Gasteiger partial charge < -0.3 is 11.1 Å². The summed E-state index contributed by atoms with van der Waals surface area (Å²) < 4.78 is 0. The summed E-state index contributed by atoms with van der Waals surface area (Å²) in [5.74, 6) is 1.37. The number of hydrogen-bond donors (Lipinski definition) is 2. The monoisotopic (exact) mass is 374 g/mol. The van der Waals surface area contributed by atoms with Crippen LogP contribution in [0.2, 0.25) is 5.02 Å². The first-order chi connectivity index (χ1) is 10.2. The largest absolute Gasteiger partial charge is 0.370 e. The highest BCUT2D eigenvalue weighted by atomic mass is 35.5. The predicted molar refractivity (Wildman–Crippen MR) is 100 cm³/mol. The Morgan fingerprint density at radius 2 is 1.96 bits per heavy atom. The molecule has 0 amide bonds. The molecule has 0 spiro atoms. The molecule has 3 rings (SSSR count). The summed E-state index contributed by atoms with van der Waals surface area (Å²) in [4.78, 5) is 8.62. The first-order valence-corrected chi connectivity index (χ1v) is 7.64. The number of benzene rings is 1. The zero-order valence-electron chi connectivity index (χ0n) is 12.6. The highest BCUT2D eigenvalue weighted by Gasteiger charge is 2.28. The van der Waals surface area contributed by atoms with Crippen molar-refractivity contribution in [2.75, 3.05) is 11.9 Å². The molecule has 126 valence electrons. The summed E-state index contributed by atoms with van der Waals surface area (Å²) in [6.45, 7) is 0.820. The second-order valence-corrected chi connectivity index (χ2v) is 6.00. The van der Waals surface area contributed by atoms with Crippen molar-refractivity contribution in [1.82, 2.24) is 9.97 Å². The summed E-state index contributed by atoms with van der Waals surface area (Å²) in [6, 6.07) is 10.3. The van der Waals surface area contributed by atoms with Crippen molar-refractivity contribution in [3.63, 3.8) is 0 Å². The molecule has 3 N–H and O–H groups in total. The molecule has 0 aliphatic heterocycles. The van der Waals surface area contributed by atoms with Crippen LogP contribution in [0.5, 0.6) is 0 Å². The number of nitrogens with one attached hydrogen (secondary N) is 1. The molecule has 0 atom stereocenters. The molecule has 23 heavy (non-hydrogen) atoms.